The van der Waals surface area contributed by atoms with Crippen LogP contribution in [0.3, 0.4) is 0 Å². The van der Waals surface area contributed by atoms with Gasteiger partial charge in [0, 0.05) is 12.1 Å². The lowest BCUT2D eigenvalue weighted by atomic mass is 10.2. The first-order valence-corrected chi connectivity index (χ1v) is 9.58. The molecular formula is C18H18N4O4S. The highest BCUT2D eigenvalue weighted by Crippen LogP contribution is 2.28. The van der Waals surface area contributed by atoms with Crippen molar-refractivity contribution in [2.45, 2.75) is 25.7 Å². The Morgan fingerprint density at radius 1 is 1.07 bits per heavy atom. The zero-order chi connectivity index (χ0) is 19.8. The fourth-order valence-corrected chi connectivity index (χ4v) is 4.23. The molecule has 2 aromatic carbocycles. The lowest BCUT2D eigenvalue weighted by Crippen LogP contribution is -2.15. The lowest BCUT2D eigenvalue weighted by Gasteiger charge is -2.11. The number of nitrogens with zero attached hydrogens (tertiary/aromatic N) is 3. The summed E-state index contributed by atoms with van der Waals surface area (Å²) in [6.45, 7) is 5.04. The number of anilines is 1. The van der Waals surface area contributed by atoms with Crippen LogP contribution in [0.2, 0.25) is 0 Å². The Hall–Kier alpha value is -3.20. The monoisotopic (exact) mass is 386 g/mol. The number of para-hydroxylation sites is 1. The first-order chi connectivity index (χ1) is 12.7. The van der Waals surface area contributed by atoms with E-state index in [2.05, 4.69) is 9.82 Å². The van der Waals surface area contributed by atoms with Gasteiger partial charge in [0.1, 0.15) is 0 Å². The highest BCUT2D eigenvalue weighted by Gasteiger charge is 2.24. The molecule has 0 atom stereocenters. The summed E-state index contributed by atoms with van der Waals surface area (Å²) in [5.74, 6) is 0. The summed E-state index contributed by atoms with van der Waals surface area (Å²) in [7, 11) is -4.02. The number of sulfonamides is 1. The van der Waals surface area contributed by atoms with Crippen LogP contribution in [0.25, 0.3) is 5.69 Å². The smallest absolute Gasteiger partial charge is 0.270 e. The van der Waals surface area contributed by atoms with Crippen molar-refractivity contribution in [3.8, 4) is 5.69 Å². The van der Waals surface area contributed by atoms with Crippen LogP contribution in [0.1, 0.15) is 17.0 Å². The third-order valence-corrected chi connectivity index (χ3v) is 5.69. The number of hydrogen-bond donors (Lipinski definition) is 1. The number of nitro groups is 1. The van der Waals surface area contributed by atoms with Gasteiger partial charge in [-0.05, 0) is 38.5 Å². The number of non-ortho nitro benzene ring substituents is 1. The summed E-state index contributed by atoms with van der Waals surface area (Å²) >= 11 is 0. The molecule has 0 amide bonds. The van der Waals surface area contributed by atoms with Crippen molar-refractivity contribution in [1.29, 1.82) is 0 Å². The number of nitrogens with one attached hydrogen (secondary N) is 1. The van der Waals surface area contributed by atoms with Gasteiger partial charge >= 0.3 is 0 Å². The summed E-state index contributed by atoms with van der Waals surface area (Å²) < 4.78 is 29.9. The average molecular weight is 386 g/mol. The van der Waals surface area contributed by atoms with E-state index in [1.54, 1.807) is 25.5 Å². The number of benzene rings is 2. The highest BCUT2D eigenvalue weighted by atomic mass is 32.2. The summed E-state index contributed by atoms with van der Waals surface area (Å²) in [5, 5.41) is 15.4. The molecule has 0 aliphatic rings. The van der Waals surface area contributed by atoms with E-state index >= 15 is 0 Å². The number of aromatic nitrogens is 2. The molecule has 1 N–H and O–H groups in total. The SMILES string of the molecule is Cc1ccc([N+](=O)[O-])cc1S(=O)(=O)Nc1c(C)nn(-c2ccccc2)c1C. The van der Waals surface area contributed by atoms with Crippen molar-refractivity contribution in [2.24, 2.45) is 0 Å². The Bertz CT molecular complexity index is 1120. The molecule has 1 aromatic heterocycles. The summed E-state index contributed by atoms with van der Waals surface area (Å²) in [5.41, 5.74) is 2.40. The Balaban J connectivity index is 2.04. The van der Waals surface area contributed by atoms with Gasteiger partial charge in [-0.15, -0.1) is 0 Å². The Morgan fingerprint density at radius 2 is 1.74 bits per heavy atom. The molecule has 27 heavy (non-hydrogen) atoms. The van der Waals surface area contributed by atoms with Gasteiger partial charge in [-0.1, -0.05) is 24.3 Å². The molecule has 0 saturated heterocycles. The van der Waals surface area contributed by atoms with Crippen LogP contribution in [0.4, 0.5) is 11.4 Å². The van der Waals surface area contributed by atoms with Gasteiger partial charge in [0.05, 0.1) is 32.6 Å². The maximum absolute atomic E-state index is 12.9. The maximum atomic E-state index is 12.9. The van der Waals surface area contributed by atoms with Gasteiger partial charge in [-0.25, -0.2) is 13.1 Å². The summed E-state index contributed by atoms with van der Waals surface area (Å²) in [6.07, 6.45) is 0. The van der Waals surface area contributed by atoms with E-state index in [0.29, 0.717) is 22.6 Å². The Morgan fingerprint density at radius 3 is 2.37 bits per heavy atom. The molecule has 8 nitrogen and oxygen atoms in total. The first-order valence-electron chi connectivity index (χ1n) is 8.10. The van der Waals surface area contributed by atoms with Gasteiger partial charge in [0.15, 0.2) is 0 Å². The quantitative estimate of drug-likeness (QED) is 0.533. The van der Waals surface area contributed by atoms with Crippen LogP contribution in [0.15, 0.2) is 53.4 Å². The van der Waals surface area contributed by atoms with Crippen molar-refractivity contribution < 1.29 is 13.3 Å². The largest absolute Gasteiger partial charge is 0.276 e. The fraction of sp³-hybridized carbons (Fsp3) is 0.167. The molecule has 3 aromatic rings. The highest BCUT2D eigenvalue weighted by molar-refractivity contribution is 7.92. The van der Waals surface area contributed by atoms with Crippen LogP contribution < -0.4 is 4.72 Å². The van der Waals surface area contributed by atoms with Crippen molar-refractivity contribution >= 4 is 21.4 Å². The number of aryl methyl sites for hydroxylation is 2. The van der Waals surface area contributed by atoms with Crippen molar-refractivity contribution in [3.63, 3.8) is 0 Å². The molecular weight excluding hydrogens is 368 g/mol. The minimum Gasteiger partial charge on any atom is -0.276 e. The lowest BCUT2D eigenvalue weighted by molar-refractivity contribution is -0.385. The molecule has 9 heteroatoms. The van der Waals surface area contributed by atoms with Crippen LogP contribution >= 0.6 is 0 Å². The van der Waals surface area contributed by atoms with Crippen molar-refractivity contribution in [2.75, 3.05) is 4.72 Å². The number of rotatable bonds is 5. The molecule has 1 heterocycles. The average Bonchev–Trinajstić information content (AvgIpc) is 2.90. The van der Waals surface area contributed by atoms with E-state index in [1.165, 1.54) is 12.1 Å². The molecule has 0 radical (unpaired) electrons. The molecule has 0 spiro atoms. The minimum atomic E-state index is -4.02. The molecule has 0 aliphatic carbocycles. The zero-order valence-corrected chi connectivity index (χ0v) is 15.8. The Labute approximate surface area is 156 Å². The van der Waals surface area contributed by atoms with Gasteiger partial charge in [0.25, 0.3) is 15.7 Å². The molecule has 0 fully saturated rings. The van der Waals surface area contributed by atoms with E-state index in [-0.39, 0.29) is 10.6 Å². The van der Waals surface area contributed by atoms with Gasteiger partial charge in [-0.2, -0.15) is 5.10 Å². The summed E-state index contributed by atoms with van der Waals surface area (Å²) in [4.78, 5) is 10.2. The van der Waals surface area contributed by atoms with Crippen LogP contribution in [0.5, 0.6) is 0 Å². The van der Waals surface area contributed by atoms with Gasteiger partial charge in [0.2, 0.25) is 0 Å². The molecule has 140 valence electrons. The molecule has 0 saturated carbocycles. The van der Waals surface area contributed by atoms with Crippen LogP contribution in [-0.2, 0) is 10.0 Å². The van der Waals surface area contributed by atoms with Gasteiger partial charge in [-0.3, -0.25) is 14.8 Å². The van der Waals surface area contributed by atoms with E-state index in [4.69, 9.17) is 0 Å². The van der Waals surface area contributed by atoms with Gasteiger partial charge < -0.3 is 0 Å². The van der Waals surface area contributed by atoms with E-state index in [9.17, 15) is 18.5 Å². The first kappa shape index (κ1) is 18.6. The normalized spacial score (nSPS) is 11.4. The van der Waals surface area contributed by atoms with Crippen molar-refractivity contribution in [3.05, 3.63) is 75.6 Å². The molecule has 3 rings (SSSR count). The molecule has 0 aliphatic heterocycles. The van der Waals surface area contributed by atoms with Crippen LogP contribution in [0, 0.1) is 30.9 Å². The third-order valence-electron chi connectivity index (χ3n) is 4.20. The zero-order valence-electron chi connectivity index (χ0n) is 15.0. The van der Waals surface area contributed by atoms with E-state index in [0.717, 1.165) is 11.8 Å². The minimum absolute atomic E-state index is 0.136. The predicted molar refractivity (Wildman–Crippen MR) is 102 cm³/mol. The number of nitro benzene ring substituents is 1. The van der Waals surface area contributed by atoms with E-state index < -0.39 is 14.9 Å². The second-order valence-corrected chi connectivity index (χ2v) is 7.76. The second kappa shape index (κ2) is 6.84. The fourth-order valence-electron chi connectivity index (χ4n) is 2.79. The summed E-state index contributed by atoms with van der Waals surface area (Å²) in [6, 6.07) is 13.1. The Kier molecular flexibility index (Phi) is 4.71. The molecule has 0 bridgehead atoms. The topological polar surface area (TPSA) is 107 Å². The second-order valence-electron chi connectivity index (χ2n) is 6.11. The predicted octanol–water partition coefficient (Wildman–Crippen LogP) is 3.51. The number of hydrogen-bond acceptors (Lipinski definition) is 5. The molecule has 0 unspecified atom stereocenters. The maximum Gasteiger partial charge on any atom is 0.270 e. The van der Waals surface area contributed by atoms with E-state index in [1.807, 2.05) is 30.3 Å². The van der Waals surface area contributed by atoms with Crippen molar-refractivity contribution in [1.82, 2.24) is 9.78 Å². The third kappa shape index (κ3) is 3.54. The standard InChI is InChI=1S/C18H18N4O4S/c1-12-9-10-16(22(23)24)11-17(12)27(25,26)20-18-13(2)19-21(14(18)3)15-7-5-4-6-8-15/h4-11,20H,1-3H3. The van der Waals surface area contributed by atoms with Crippen LogP contribution in [-0.4, -0.2) is 23.1 Å².